The molecule has 0 spiro atoms. The number of nitrogens with two attached hydrogens (primary N) is 1. The molecule has 0 unspecified atom stereocenters. The van der Waals surface area contributed by atoms with E-state index in [1.165, 1.54) is 11.1 Å². The molecule has 17 heavy (non-hydrogen) atoms. The van der Waals surface area contributed by atoms with Crippen LogP contribution < -0.4 is 5.73 Å². The zero-order valence-corrected chi connectivity index (χ0v) is 10.0. The molecule has 4 heteroatoms. The van der Waals surface area contributed by atoms with Gasteiger partial charge in [0.1, 0.15) is 0 Å². The number of imidazole rings is 1. The number of nitrogens with zero attached hydrogens (tertiary/aromatic N) is 2. The Balaban J connectivity index is 2.16. The first kappa shape index (κ1) is 10.6. The Labute approximate surface area is 100 Å². The first-order valence-corrected chi connectivity index (χ1v) is 6.08. The van der Waals surface area contributed by atoms with Crippen LogP contribution in [0.2, 0.25) is 0 Å². The number of rotatable bonds is 1. The number of nitrogen functional groups attached to an aromatic ring is 1. The molecule has 0 amide bonds. The van der Waals surface area contributed by atoms with Crippen LogP contribution in [0.15, 0.2) is 18.2 Å². The maximum absolute atomic E-state index is 6.06. The lowest BCUT2D eigenvalue weighted by atomic mass is 10.1. The average molecular weight is 231 g/mol. The van der Waals surface area contributed by atoms with E-state index in [0.29, 0.717) is 12.0 Å². The molecule has 1 aliphatic heterocycles. The number of aryl methyl sites for hydroxylation is 1. The maximum atomic E-state index is 6.06. The summed E-state index contributed by atoms with van der Waals surface area (Å²) in [5.74, 6) is 0.626. The van der Waals surface area contributed by atoms with Crippen molar-refractivity contribution in [3.8, 4) is 0 Å². The monoisotopic (exact) mass is 231 g/mol. The van der Waals surface area contributed by atoms with E-state index in [-0.39, 0.29) is 0 Å². The predicted molar refractivity (Wildman–Crippen MR) is 68.0 cm³/mol. The van der Waals surface area contributed by atoms with Crippen molar-refractivity contribution >= 4 is 17.0 Å². The van der Waals surface area contributed by atoms with Gasteiger partial charge in [0.05, 0.1) is 11.0 Å². The lowest BCUT2D eigenvalue weighted by Gasteiger charge is -2.25. The third-order valence-electron chi connectivity index (χ3n) is 3.50. The molecule has 1 fully saturated rings. The smallest absolute Gasteiger partial charge is 0.201 e. The van der Waals surface area contributed by atoms with Gasteiger partial charge in [0.15, 0.2) is 0 Å². The zero-order chi connectivity index (χ0) is 11.8. The van der Waals surface area contributed by atoms with Gasteiger partial charge in [-0.2, -0.15) is 0 Å². The highest BCUT2D eigenvalue weighted by atomic mass is 16.5. The van der Waals surface area contributed by atoms with E-state index in [4.69, 9.17) is 10.5 Å². The molecule has 4 nitrogen and oxygen atoms in total. The van der Waals surface area contributed by atoms with E-state index >= 15 is 0 Å². The second-order valence-electron chi connectivity index (χ2n) is 4.63. The van der Waals surface area contributed by atoms with Gasteiger partial charge in [-0.05, 0) is 31.4 Å². The maximum Gasteiger partial charge on any atom is 0.201 e. The SMILES string of the molecule is Cc1cccc2nc(N)n(C3CCOCC3)c12. The van der Waals surface area contributed by atoms with Crippen molar-refractivity contribution in [3.05, 3.63) is 23.8 Å². The van der Waals surface area contributed by atoms with Crippen LogP contribution in [-0.4, -0.2) is 22.8 Å². The molecule has 1 aliphatic rings. The fourth-order valence-corrected chi connectivity index (χ4v) is 2.65. The zero-order valence-electron chi connectivity index (χ0n) is 10.0. The highest BCUT2D eigenvalue weighted by Gasteiger charge is 2.21. The molecule has 1 saturated heterocycles. The number of fused-ring (bicyclic) bond motifs is 1. The summed E-state index contributed by atoms with van der Waals surface area (Å²) in [6.45, 7) is 3.74. The largest absolute Gasteiger partial charge is 0.381 e. The second kappa shape index (κ2) is 4.04. The first-order valence-electron chi connectivity index (χ1n) is 6.08. The Morgan fingerprint density at radius 3 is 2.88 bits per heavy atom. The minimum atomic E-state index is 0.426. The number of anilines is 1. The molecule has 0 aliphatic carbocycles. The Morgan fingerprint density at radius 1 is 1.35 bits per heavy atom. The Bertz CT molecular complexity index is 541. The summed E-state index contributed by atoms with van der Waals surface area (Å²) in [6, 6.07) is 6.58. The third kappa shape index (κ3) is 1.69. The van der Waals surface area contributed by atoms with Crippen LogP contribution in [0.1, 0.15) is 24.4 Å². The molecule has 2 heterocycles. The summed E-state index contributed by atoms with van der Waals surface area (Å²) in [7, 11) is 0. The fraction of sp³-hybridized carbons (Fsp3) is 0.462. The van der Waals surface area contributed by atoms with Crippen LogP contribution in [0, 0.1) is 6.92 Å². The second-order valence-corrected chi connectivity index (χ2v) is 4.63. The third-order valence-corrected chi connectivity index (χ3v) is 3.50. The standard InChI is InChI=1S/C13H17N3O/c1-9-3-2-4-11-12(9)16(13(14)15-11)10-5-7-17-8-6-10/h2-4,10H,5-8H2,1H3,(H2,14,15). The molecule has 90 valence electrons. The molecule has 2 N–H and O–H groups in total. The molecule has 0 saturated carbocycles. The van der Waals surface area contributed by atoms with Crippen LogP contribution in [-0.2, 0) is 4.74 Å². The Hall–Kier alpha value is -1.55. The summed E-state index contributed by atoms with van der Waals surface area (Å²) < 4.78 is 7.59. The highest BCUT2D eigenvalue weighted by Crippen LogP contribution is 2.30. The van der Waals surface area contributed by atoms with E-state index in [0.717, 1.165) is 31.6 Å². The van der Waals surface area contributed by atoms with Gasteiger partial charge in [-0.3, -0.25) is 0 Å². The Morgan fingerprint density at radius 2 is 2.12 bits per heavy atom. The van der Waals surface area contributed by atoms with Gasteiger partial charge < -0.3 is 15.0 Å². The summed E-state index contributed by atoms with van der Waals surface area (Å²) in [6.07, 6.45) is 2.04. The molecule has 1 aromatic heterocycles. The number of hydrogen-bond acceptors (Lipinski definition) is 3. The Kier molecular flexibility index (Phi) is 2.52. The minimum absolute atomic E-state index is 0.426. The molecule has 0 bridgehead atoms. The van der Waals surface area contributed by atoms with Gasteiger partial charge in [-0.1, -0.05) is 12.1 Å². The van der Waals surface area contributed by atoms with Crippen molar-refractivity contribution in [2.45, 2.75) is 25.8 Å². The first-order chi connectivity index (χ1) is 8.27. The number of aromatic nitrogens is 2. The van der Waals surface area contributed by atoms with Gasteiger partial charge in [-0.25, -0.2) is 4.98 Å². The van der Waals surface area contributed by atoms with E-state index in [1.54, 1.807) is 0 Å². The van der Waals surface area contributed by atoms with Crippen LogP contribution in [0.25, 0.3) is 11.0 Å². The number of ether oxygens (including phenoxy) is 1. The minimum Gasteiger partial charge on any atom is -0.381 e. The van der Waals surface area contributed by atoms with E-state index in [9.17, 15) is 0 Å². The molecule has 3 rings (SSSR count). The quantitative estimate of drug-likeness (QED) is 0.819. The van der Waals surface area contributed by atoms with Gasteiger partial charge in [0.2, 0.25) is 5.95 Å². The lowest BCUT2D eigenvalue weighted by Crippen LogP contribution is -2.21. The molecular formula is C13H17N3O. The van der Waals surface area contributed by atoms with Crippen LogP contribution >= 0.6 is 0 Å². The van der Waals surface area contributed by atoms with Crippen molar-refractivity contribution in [1.29, 1.82) is 0 Å². The summed E-state index contributed by atoms with van der Waals surface area (Å²) in [5.41, 5.74) is 9.47. The molecular weight excluding hydrogens is 214 g/mol. The summed E-state index contributed by atoms with van der Waals surface area (Å²) >= 11 is 0. The summed E-state index contributed by atoms with van der Waals surface area (Å²) in [5, 5.41) is 0. The van der Waals surface area contributed by atoms with Crippen molar-refractivity contribution in [2.75, 3.05) is 18.9 Å². The normalized spacial score (nSPS) is 17.7. The van der Waals surface area contributed by atoms with Crippen molar-refractivity contribution in [3.63, 3.8) is 0 Å². The number of hydrogen-bond donors (Lipinski definition) is 1. The van der Waals surface area contributed by atoms with E-state index in [1.807, 2.05) is 12.1 Å². The van der Waals surface area contributed by atoms with Crippen molar-refractivity contribution < 1.29 is 4.74 Å². The molecule has 0 radical (unpaired) electrons. The van der Waals surface area contributed by atoms with Crippen LogP contribution in [0.4, 0.5) is 5.95 Å². The summed E-state index contributed by atoms with van der Waals surface area (Å²) in [4.78, 5) is 4.45. The lowest BCUT2D eigenvalue weighted by molar-refractivity contribution is 0.0711. The number of benzene rings is 1. The van der Waals surface area contributed by atoms with E-state index < -0.39 is 0 Å². The van der Waals surface area contributed by atoms with E-state index in [2.05, 4.69) is 22.5 Å². The van der Waals surface area contributed by atoms with Crippen molar-refractivity contribution in [2.24, 2.45) is 0 Å². The van der Waals surface area contributed by atoms with Crippen molar-refractivity contribution in [1.82, 2.24) is 9.55 Å². The average Bonchev–Trinajstić information content (AvgIpc) is 2.68. The topological polar surface area (TPSA) is 53.1 Å². The highest BCUT2D eigenvalue weighted by molar-refractivity contribution is 5.81. The predicted octanol–water partition coefficient (Wildman–Crippen LogP) is 2.28. The van der Waals surface area contributed by atoms with Gasteiger partial charge in [0.25, 0.3) is 0 Å². The van der Waals surface area contributed by atoms with Gasteiger partial charge in [-0.15, -0.1) is 0 Å². The molecule has 2 aromatic rings. The van der Waals surface area contributed by atoms with Crippen LogP contribution in [0.5, 0.6) is 0 Å². The van der Waals surface area contributed by atoms with Gasteiger partial charge >= 0.3 is 0 Å². The van der Waals surface area contributed by atoms with Gasteiger partial charge in [0, 0.05) is 19.3 Å². The number of para-hydroxylation sites is 1. The van der Waals surface area contributed by atoms with Crippen LogP contribution in [0.3, 0.4) is 0 Å². The fourth-order valence-electron chi connectivity index (χ4n) is 2.65. The molecule has 0 atom stereocenters. The molecule has 1 aromatic carbocycles.